The summed E-state index contributed by atoms with van der Waals surface area (Å²) in [6.45, 7) is 3.31. The number of hydrogen-bond acceptors (Lipinski definition) is 5. The van der Waals surface area contributed by atoms with E-state index < -0.39 is 10.8 Å². The first-order valence-electron chi connectivity index (χ1n) is 9.51. The summed E-state index contributed by atoms with van der Waals surface area (Å²) >= 11 is 5.83. The molecule has 0 saturated heterocycles. The third-order valence-corrected chi connectivity index (χ3v) is 4.91. The van der Waals surface area contributed by atoms with Gasteiger partial charge < -0.3 is 5.32 Å². The first-order valence-corrected chi connectivity index (χ1v) is 9.89. The number of aryl methyl sites for hydroxylation is 1. The van der Waals surface area contributed by atoms with Crippen molar-refractivity contribution in [2.24, 2.45) is 5.10 Å². The molecular formula is C23H19ClN4O4. The maximum atomic E-state index is 12.3. The number of halogens is 1. The van der Waals surface area contributed by atoms with Crippen LogP contribution in [-0.2, 0) is 0 Å². The molecule has 0 aliphatic rings. The highest BCUT2D eigenvalue weighted by molar-refractivity contribution is 6.30. The zero-order chi connectivity index (χ0) is 23.3. The third-order valence-electron chi connectivity index (χ3n) is 4.66. The Balaban J connectivity index is 1.65. The lowest BCUT2D eigenvalue weighted by molar-refractivity contribution is -0.385. The number of benzene rings is 3. The van der Waals surface area contributed by atoms with Crippen LogP contribution in [0.25, 0.3) is 0 Å². The van der Waals surface area contributed by atoms with E-state index in [-0.39, 0.29) is 17.2 Å². The molecule has 3 aromatic rings. The fraction of sp³-hybridized carbons (Fsp3) is 0.0870. The van der Waals surface area contributed by atoms with Gasteiger partial charge in [-0.05, 0) is 61.9 Å². The van der Waals surface area contributed by atoms with Crippen LogP contribution in [0.5, 0.6) is 0 Å². The predicted molar refractivity (Wildman–Crippen MR) is 123 cm³/mol. The fourth-order valence-corrected chi connectivity index (χ4v) is 2.94. The Bertz CT molecular complexity index is 1210. The summed E-state index contributed by atoms with van der Waals surface area (Å²) < 4.78 is 0. The summed E-state index contributed by atoms with van der Waals surface area (Å²) in [5, 5.41) is 18.4. The molecule has 3 aromatic carbocycles. The minimum absolute atomic E-state index is 0.130. The Morgan fingerprint density at radius 2 is 1.50 bits per heavy atom. The van der Waals surface area contributed by atoms with Gasteiger partial charge in [-0.1, -0.05) is 29.8 Å². The van der Waals surface area contributed by atoms with E-state index in [1.807, 2.05) is 0 Å². The average Bonchev–Trinajstić information content (AvgIpc) is 2.78. The average molecular weight is 451 g/mol. The molecule has 9 heteroatoms. The molecule has 2 N–H and O–H groups in total. The van der Waals surface area contributed by atoms with Crippen molar-refractivity contribution >= 4 is 40.5 Å². The standard InChI is InChI=1S/C23H19ClN4O4/c1-14-3-4-18(13-21(14)28(31)32)23(30)27-26-15(2)16-7-11-20(12-8-16)25-22(29)17-5-9-19(24)10-6-17/h3-13H,1-2H3,(H,25,29)(H,27,30)/b26-15-. The summed E-state index contributed by atoms with van der Waals surface area (Å²) in [6, 6.07) is 17.7. The number of carbonyl (C=O) groups is 2. The van der Waals surface area contributed by atoms with E-state index in [0.29, 0.717) is 27.5 Å². The molecule has 2 amide bonds. The van der Waals surface area contributed by atoms with Crippen LogP contribution in [0.3, 0.4) is 0 Å². The van der Waals surface area contributed by atoms with Crippen LogP contribution in [0.4, 0.5) is 11.4 Å². The summed E-state index contributed by atoms with van der Waals surface area (Å²) in [5.74, 6) is -0.821. The van der Waals surface area contributed by atoms with Crippen LogP contribution in [0, 0.1) is 17.0 Å². The van der Waals surface area contributed by atoms with Crippen LogP contribution >= 0.6 is 11.6 Å². The summed E-state index contributed by atoms with van der Waals surface area (Å²) in [4.78, 5) is 35.1. The molecule has 3 rings (SSSR count). The van der Waals surface area contributed by atoms with Gasteiger partial charge in [0.05, 0.1) is 10.6 Å². The Morgan fingerprint density at radius 1 is 0.906 bits per heavy atom. The first-order chi connectivity index (χ1) is 15.2. The number of nitro benzene ring substituents is 1. The third kappa shape index (κ3) is 5.55. The maximum absolute atomic E-state index is 12.3. The van der Waals surface area contributed by atoms with E-state index in [1.165, 1.54) is 18.2 Å². The zero-order valence-corrected chi connectivity index (χ0v) is 18.0. The lowest BCUT2D eigenvalue weighted by Gasteiger charge is -2.07. The molecule has 162 valence electrons. The van der Waals surface area contributed by atoms with E-state index in [0.717, 1.165) is 5.56 Å². The molecule has 0 saturated carbocycles. The number of anilines is 1. The van der Waals surface area contributed by atoms with Crippen LogP contribution in [-0.4, -0.2) is 22.4 Å². The molecule has 0 radical (unpaired) electrons. The Morgan fingerprint density at radius 3 is 2.12 bits per heavy atom. The van der Waals surface area contributed by atoms with E-state index >= 15 is 0 Å². The van der Waals surface area contributed by atoms with Gasteiger partial charge in [0.1, 0.15) is 0 Å². The van der Waals surface area contributed by atoms with Crippen molar-refractivity contribution in [3.63, 3.8) is 0 Å². The second-order valence-electron chi connectivity index (χ2n) is 6.93. The van der Waals surface area contributed by atoms with Gasteiger partial charge in [-0.3, -0.25) is 19.7 Å². The van der Waals surface area contributed by atoms with Gasteiger partial charge >= 0.3 is 0 Å². The monoisotopic (exact) mass is 450 g/mol. The molecular weight excluding hydrogens is 432 g/mol. The predicted octanol–water partition coefficient (Wildman–Crippen LogP) is 4.96. The largest absolute Gasteiger partial charge is 0.322 e. The van der Waals surface area contributed by atoms with Gasteiger partial charge in [0, 0.05) is 33.5 Å². The van der Waals surface area contributed by atoms with Crippen molar-refractivity contribution in [1.29, 1.82) is 0 Å². The fourth-order valence-electron chi connectivity index (χ4n) is 2.81. The molecule has 0 bridgehead atoms. The number of hydrogen-bond donors (Lipinski definition) is 2. The number of nitrogens with zero attached hydrogens (tertiary/aromatic N) is 2. The zero-order valence-electron chi connectivity index (χ0n) is 17.3. The van der Waals surface area contributed by atoms with E-state index in [4.69, 9.17) is 11.6 Å². The second-order valence-corrected chi connectivity index (χ2v) is 7.37. The highest BCUT2D eigenvalue weighted by atomic mass is 35.5. The number of rotatable bonds is 6. The van der Waals surface area contributed by atoms with Crippen molar-refractivity contribution in [2.45, 2.75) is 13.8 Å². The Hall–Kier alpha value is -4.04. The lowest BCUT2D eigenvalue weighted by Crippen LogP contribution is -2.19. The van der Waals surface area contributed by atoms with Crippen LogP contribution in [0.2, 0.25) is 5.02 Å². The molecule has 32 heavy (non-hydrogen) atoms. The number of nitrogens with one attached hydrogen (secondary N) is 2. The first kappa shape index (κ1) is 22.6. The van der Waals surface area contributed by atoms with E-state index in [1.54, 1.807) is 62.4 Å². The summed E-state index contributed by atoms with van der Waals surface area (Å²) in [6.07, 6.45) is 0. The minimum Gasteiger partial charge on any atom is -0.322 e. The number of nitro groups is 1. The van der Waals surface area contributed by atoms with Gasteiger partial charge in [0.15, 0.2) is 0 Å². The van der Waals surface area contributed by atoms with Gasteiger partial charge in [-0.25, -0.2) is 5.43 Å². The molecule has 0 unspecified atom stereocenters. The SMILES string of the molecule is C/C(=N/NC(=O)c1ccc(C)c([N+](=O)[O-])c1)c1ccc(NC(=O)c2ccc(Cl)cc2)cc1. The second kappa shape index (κ2) is 9.84. The van der Waals surface area contributed by atoms with Gasteiger partial charge in [-0.15, -0.1) is 0 Å². The molecule has 0 fully saturated rings. The van der Waals surface area contributed by atoms with Crippen molar-refractivity contribution in [2.75, 3.05) is 5.32 Å². The lowest BCUT2D eigenvalue weighted by atomic mass is 10.1. The molecule has 0 aromatic heterocycles. The molecule has 0 spiro atoms. The summed E-state index contributed by atoms with van der Waals surface area (Å²) in [7, 11) is 0. The van der Waals surface area contributed by atoms with E-state index in [9.17, 15) is 19.7 Å². The minimum atomic E-state index is -0.556. The van der Waals surface area contributed by atoms with E-state index in [2.05, 4.69) is 15.8 Å². The van der Waals surface area contributed by atoms with Gasteiger partial charge in [-0.2, -0.15) is 5.10 Å². The van der Waals surface area contributed by atoms with Gasteiger partial charge in [0.25, 0.3) is 17.5 Å². The van der Waals surface area contributed by atoms with Crippen molar-refractivity contribution in [1.82, 2.24) is 5.43 Å². The normalized spacial score (nSPS) is 11.0. The molecule has 0 aliphatic carbocycles. The number of amides is 2. The molecule has 8 nitrogen and oxygen atoms in total. The number of carbonyl (C=O) groups excluding carboxylic acids is 2. The molecule has 0 aliphatic heterocycles. The van der Waals surface area contributed by atoms with Crippen LogP contribution in [0.1, 0.15) is 38.8 Å². The topological polar surface area (TPSA) is 114 Å². The highest BCUT2D eigenvalue weighted by Gasteiger charge is 2.15. The smallest absolute Gasteiger partial charge is 0.273 e. The molecule has 0 heterocycles. The van der Waals surface area contributed by atoms with Crippen molar-refractivity contribution < 1.29 is 14.5 Å². The quantitative estimate of drug-likeness (QED) is 0.313. The van der Waals surface area contributed by atoms with Crippen LogP contribution in [0.15, 0.2) is 71.8 Å². The Labute approximate surface area is 189 Å². The maximum Gasteiger partial charge on any atom is 0.273 e. The number of hydrazone groups is 1. The highest BCUT2D eigenvalue weighted by Crippen LogP contribution is 2.19. The molecule has 0 atom stereocenters. The van der Waals surface area contributed by atoms with Crippen molar-refractivity contribution in [3.8, 4) is 0 Å². The van der Waals surface area contributed by atoms with Crippen molar-refractivity contribution in [3.05, 3.63) is 104 Å². The summed E-state index contributed by atoms with van der Waals surface area (Å²) in [5.41, 5.74) is 5.20. The van der Waals surface area contributed by atoms with Crippen LogP contribution < -0.4 is 10.7 Å². The Kier molecular flexibility index (Phi) is 6.97. The van der Waals surface area contributed by atoms with Gasteiger partial charge in [0.2, 0.25) is 0 Å².